The molecule has 1 heterocycles. The fourth-order valence-corrected chi connectivity index (χ4v) is 3.84. The van der Waals surface area contributed by atoms with Crippen molar-refractivity contribution in [2.24, 2.45) is 0 Å². The van der Waals surface area contributed by atoms with Gasteiger partial charge in [0.2, 0.25) is 0 Å². The second-order valence-electron chi connectivity index (χ2n) is 7.02. The first-order valence-electron chi connectivity index (χ1n) is 8.89. The Kier molecular flexibility index (Phi) is 6.87. The summed E-state index contributed by atoms with van der Waals surface area (Å²) < 4.78 is 5.21. The van der Waals surface area contributed by atoms with Gasteiger partial charge in [0.1, 0.15) is 5.75 Å². The molecule has 1 aromatic rings. The van der Waals surface area contributed by atoms with Crippen molar-refractivity contribution < 1.29 is 4.74 Å². The van der Waals surface area contributed by atoms with Crippen LogP contribution in [-0.2, 0) is 0 Å². The Morgan fingerprint density at radius 1 is 1.17 bits per heavy atom. The predicted molar refractivity (Wildman–Crippen MR) is 106 cm³/mol. The Bertz CT molecular complexity index is 522. The zero-order chi connectivity index (χ0) is 17.7. The van der Waals surface area contributed by atoms with Gasteiger partial charge >= 0.3 is 0 Å². The van der Waals surface area contributed by atoms with Crippen molar-refractivity contribution in [3.8, 4) is 5.75 Å². The molecule has 0 unspecified atom stereocenters. The van der Waals surface area contributed by atoms with Crippen molar-refractivity contribution in [3.63, 3.8) is 0 Å². The molecule has 0 radical (unpaired) electrons. The van der Waals surface area contributed by atoms with Gasteiger partial charge in [0.25, 0.3) is 0 Å². The number of nitrogens with one attached hydrogen (secondary N) is 1. The number of likely N-dealkylation sites (tertiary alicyclic amines) is 1. The van der Waals surface area contributed by atoms with Gasteiger partial charge < -0.3 is 19.9 Å². The number of nitrogens with zero attached hydrogens (tertiary/aromatic N) is 2. The normalized spacial score (nSPS) is 16.5. The molecular formula is C19H31N3OS. The van der Waals surface area contributed by atoms with Gasteiger partial charge in [-0.15, -0.1) is 0 Å². The summed E-state index contributed by atoms with van der Waals surface area (Å²) in [5.41, 5.74) is 1.01. The van der Waals surface area contributed by atoms with Gasteiger partial charge in [-0.1, -0.05) is 0 Å². The highest BCUT2D eigenvalue weighted by molar-refractivity contribution is 7.80. The summed E-state index contributed by atoms with van der Waals surface area (Å²) in [6.45, 7) is 11.3. The molecule has 2 rings (SSSR count). The molecule has 1 aromatic carbocycles. The average molecular weight is 350 g/mol. The van der Waals surface area contributed by atoms with Crippen LogP contribution in [-0.4, -0.2) is 53.2 Å². The molecule has 134 valence electrons. The van der Waals surface area contributed by atoms with E-state index in [2.05, 4.69) is 42.8 Å². The lowest BCUT2D eigenvalue weighted by Crippen LogP contribution is -2.52. The van der Waals surface area contributed by atoms with Crippen molar-refractivity contribution >= 4 is 23.0 Å². The molecule has 0 aliphatic carbocycles. The standard InChI is InChI=1S/C19H31N3OS/c1-14(2)21-12-10-17(11-13-21)22(15(3)4)19(24)20-16-6-8-18(23-5)9-7-16/h6-9,14-15,17H,10-13H2,1-5H3,(H,20,24). The van der Waals surface area contributed by atoms with Crippen molar-refractivity contribution in [2.75, 3.05) is 25.5 Å². The van der Waals surface area contributed by atoms with Crippen LogP contribution in [0.5, 0.6) is 5.75 Å². The Morgan fingerprint density at radius 2 is 1.75 bits per heavy atom. The fourth-order valence-electron chi connectivity index (χ4n) is 3.36. The van der Waals surface area contributed by atoms with Gasteiger partial charge in [0.05, 0.1) is 7.11 Å². The molecule has 0 amide bonds. The molecule has 1 fully saturated rings. The van der Waals surface area contributed by atoms with E-state index in [0.717, 1.165) is 29.6 Å². The Morgan fingerprint density at radius 3 is 2.21 bits per heavy atom. The van der Waals surface area contributed by atoms with Gasteiger partial charge in [0, 0.05) is 36.9 Å². The minimum atomic E-state index is 0.388. The van der Waals surface area contributed by atoms with Crippen molar-refractivity contribution in [1.29, 1.82) is 0 Å². The van der Waals surface area contributed by atoms with Crippen LogP contribution >= 0.6 is 12.2 Å². The predicted octanol–water partition coefficient (Wildman–Crippen LogP) is 3.98. The van der Waals surface area contributed by atoms with Crippen LogP contribution in [0.4, 0.5) is 5.69 Å². The molecule has 0 spiro atoms. The van der Waals surface area contributed by atoms with Gasteiger partial charge in [-0.2, -0.15) is 0 Å². The van der Waals surface area contributed by atoms with E-state index in [1.54, 1.807) is 7.11 Å². The van der Waals surface area contributed by atoms with E-state index in [1.165, 1.54) is 12.8 Å². The van der Waals surface area contributed by atoms with E-state index in [-0.39, 0.29) is 0 Å². The van der Waals surface area contributed by atoms with Crippen LogP contribution in [0.25, 0.3) is 0 Å². The van der Waals surface area contributed by atoms with E-state index >= 15 is 0 Å². The first-order chi connectivity index (χ1) is 11.4. The number of anilines is 1. The minimum Gasteiger partial charge on any atom is -0.497 e. The zero-order valence-corrected chi connectivity index (χ0v) is 16.4. The third-order valence-corrected chi connectivity index (χ3v) is 5.07. The lowest BCUT2D eigenvalue weighted by Gasteiger charge is -2.43. The van der Waals surface area contributed by atoms with E-state index in [4.69, 9.17) is 17.0 Å². The summed E-state index contributed by atoms with van der Waals surface area (Å²) in [6.07, 6.45) is 2.33. The van der Waals surface area contributed by atoms with E-state index in [0.29, 0.717) is 18.1 Å². The summed E-state index contributed by atoms with van der Waals surface area (Å²) in [7, 11) is 1.68. The first-order valence-corrected chi connectivity index (χ1v) is 9.30. The Labute approximate surface area is 152 Å². The summed E-state index contributed by atoms with van der Waals surface area (Å²) >= 11 is 5.73. The minimum absolute atomic E-state index is 0.388. The molecule has 0 atom stereocenters. The number of thiocarbonyl (C=S) groups is 1. The van der Waals surface area contributed by atoms with E-state index < -0.39 is 0 Å². The second-order valence-corrected chi connectivity index (χ2v) is 7.41. The maximum Gasteiger partial charge on any atom is 0.173 e. The SMILES string of the molecule is COc1ccc(NC(=S)N(C(C)C)C2CCN(C(C)C)CC2)cc1. The van der Waals surface area contributed by atoms with Crippen LogP contribution < -0.4 is 10.1 Å². The molecular weight excluding hydrogens is 318 g/mol. The summed E-state index contributed by atoms with van der Waals surface area (Å²) in [4.78, 5) is 4.92. The summed E-state index contributed by atoms with van der Waals surface area (Å²) in [6, 6.07) is 9.44. The molecule has 1 aliphatic rings. The monoisotopic (exact) mass is 349 g/mol. The lowest BCUT2D eigenvalue weighted by atomic mass is 10.0. The first kappa shape index (κ1) is 19.0. The molecule has 4 nitrogen and oxygen atoms in total. The maximum absolute atomic E-state index is 5.73. The smallest absolute Gasteiger partial charge is 0.173 e. The van der Waals surface area contributed by atoms with Crippen LogP contribution in [0, 0.1) is 0 Å². The van der Waals surface area contributed by atoms with Gasteiger partial charge in [-0.25, -0.2) is 0 Å². The molecule has 0 saturated carbocycles. The lowest BCUT2D eigenvalue weighted by molar-refractivity contribution is 0.117. The maximum atomic E-state index is 5.73. The number of methoxy groups -OCH3 is 1. The van der Waals surface area contributed by atoms with Crippen LogP contribution in [0.2, 0.25) is 0 Å². The summed E-state index contributed by atoms with van der Waals surface area (Å²) in [5.74, 6) is 0.855. The zero-order valence-electron chi connectivity index (χ0n) is 15.6. The Hall–Kier alpha value is -1.33. The van der Waals surface area contributed by atoms with Crippen LogP contribution in [0.15, 0.2) is 24.3 Å². The third kappa shape index (κ3) is 4.84. The van der Waals surface area contributed by atoms with Crippen LogP contribution in [0.1, 0.15) is 40.5 Å². The average Bonchev–Trinajstić information content (AvgIpc) is 2.56. The largest absolute Gasteiger partial charge is 0.497 e. The van der Waals surface area contributed by atoms with Crippen molar-refractivity contribution in [1.82, 2.24) is 9.80 Å². The van der Waals surface area contributed by atoms with Crippen molar-refractivity contribution in [2.45, 2.75) is 58.7 Å². The molecule has 0 aromatic heterocycles. The fraction of sp³-hybridized carbons (Fsp3) is 0.632. The topological polar surface area (TPSA) is 27.7 Å². The number of rotatable bonds is 5. The number of ether oxygens (including phenoxy) is 1. The molecule has 1 aliphatic heterocycles. The third-order valence-electron chi connectivity index (χ3n) is 4.75. The van der Waals surface area contributed by atoms with Gasteiger partial charge in [0.15, 0.2) is 5.11 Å². The Balaban J connectivity index is 2.00. The van der Waals surface area contributed by atoms with Gasteiger partial charge in [-0.3, -0.25) is 0 Å². The molecule has 24 heavy (non-hydrogen) atoms. The highest BCUT2D eigenvalue weighted by Crippen LogP contribution is 2.22. The highest BCUT2D eigenvalue weighted by atomic mass is 32.1. The highest BCUT2D eigenvalue weighted by Gasteiger charge is 2.28. The second kappa shape index (κ2) is 8.67. The number of hydrogen-bond donors (Lipinski definition) is 1. The molecule has 0 bridgehead atoms. The molecule has 1 saturated heterocycles. The van der Waals surface area contributed by atoms with Crippen molar-refractivity contribution in [3.05, 3.63) is 24.3 Å². The summed E-state index contributed by atoms with van der Waals surface area (Å²) in [5, 5.41) is 4.21. The number of piperidine rings is 1. The quantitative estimate of drug-likeness (QED) is 0.812. The number of hydrogen-bond acceptors (Lipinski definition) is 3. The number of benzene rings is 1. The molecule has 5 heteroatoms. The molecule has 1 N–H and O–H groups in total. The van der Waals surface area contributed by atoms with E-state index in [1.807, 2.05) is 24.3 Å². The van der Waals surface area contributed by atoms with Crippen LogP contribution in [0.3, 0.4) is 0 Å². The van der Waals surface area contributed by atoms with Gasteiger partial charge in [-0.05, 0) is 77.0 Å². The van der Waals surface area contributed by atoms with E-state index in [9.17, 15) is 0 Å².